The number of hydrogen-bond donors (Lipinski definition) is 0. The Morgan fingerprint density at radius 1 is 0.314 bits per heavy atom. The lowest BCUT2D eigenvalue weighted by Gasteiger charge is -2.11. The van der Waals surface area contributed by atoms with E-state index in [9.17, 15) is 0 Å². The SMILES string of the molecule is c1ccc(-c2nc(-c3ccc4oc5ccccc5c4c3)nc(-c3ccc(-c4ccc5c(c4)oc4ccccc45)c4c3oc3ccccc34)n2)cc1. The van der Waals surface area contributed by atoms with Crippen molar-refractivity contribution in [1.82, 2.24) is 15.0 Å². The Kier molecular flexibility index (Phi) is 5.86. The predicted octanol–water partition coefficient (Wildman–Crippen LogP) is 12.2. The van der Waals surface area contributed by atoms with Gasteiger partial charge >= 0.3 is 0 Å². The molecule has 11 rings (SSSR count). The molecular weight excluding hydrogens is 631 g/mol. The molecule has 0 fully saturated rings. The van der Waals surface area contributed by atoms with E-state index in [1.807, 2.05) is 97.1 Å². The van der Waals surface area contributed by atoms with Gasteiger partial charge in [0.25, 0.3) is 0 Å². The minimum Gasteiger partial charge on any atom is -0.456 e. The van der Waals surface area contributed by atoms with Crippen molar-refractivity contribution in [3.05, 3.63) is 152 Å². The van der Waals surface area contributed by atoms with Crippen molar-refractivity contribution in [3.8, 4) is 45.3 Å². The zero-order chi connectivity index (χ0) is 33.5. The number of nitrogens with zero attached hydrogens (tertiary/aromatic N) is 3. The molecule has 11 aromatic rings. The molecule has 0 saturated carbocycles. The highest BCUT2D eigenvalue weighted by atomic mass is 16.3. The Hall–Kier alpha value is -7.05. The van der Waals surface area contributed by atoms with Gasteiger partial charge in [-0.25, -0.2) is 15.0 Å². The number of rotatable bonds is 4. The van der Waals surface area contributed by atoms with Gasteiger partial charge in [-0.05, 0) is 65.7 Å². The average molecular weight is 656 g/mol. The normalized spacial score (nSPS) is 11.9. The highest BCUT2D eigenvalue weighted by Crippen LogP contribution is 2.43. The van der Waals surface area contributed by atoms with E-state index in [1.165, 1.54) is 0 Å². The van der Waals surface area contributed by atoms with Crippen molar-refractivity contribution in [2.75, 3.05) is 0 Å². The van der Waals surface area contributed by atoms with Crippen LogP contribution in [0.15, 0.2) is 165 Å². The molecule has 0 spiro atoms. The maximum Gasteiger partial charge on any atom is 0.167 e. The van der Waals surface area contributed by atoms with Crippen LogP contribution in [0.5, 0.6) is 0 Å². The Morgan fingerprint density at radius 3 is 1.65 bits per heavy atom. The summed E-state index contributed by atoms with van der Waals surface area (Å²) >= 11 is 0. The molecule has 6 nitrogen and oxygen atoms in total. The van der Waals surface area contributed by atoms with Crippen LogP contribution in [0.2, 0.25) is 0 Å². The third-order valence-corrected chi connectivity index (χ3v) is 9.76. The van der Waals surface area contributed by atoms with Crippen LogP contribution >= 0.6 is 0 Å². The first kappa shape index (κ1) is 27.9. The summed E-state index contributed by atoms with van der Waals surface area (Å²) in [5.41, 5.74) is 9.50. The second kappa shape index (κ2) is 10.7. The fourth-order valence-corrected chi connectivity index (χ4v) is 7.35. The molecule has 0 aliphatic rings. The number of benzene rings is 7. The third-order valence-electron chi connectivity index (χ3n) is 9.76. The monoisotopic (exact) mass is 655 g/mol. The first-order valence-electron chi connectivity index (χ1n) is 16.8. The lowest BCUT2D eigenvalue weighted by Crippen LogP contribution is -2.00. The van der Waals surface area contributed by atoms with Gasteiger partial charge < -0.3 is 13.3 Å². The van der Waals surface area contributed by atoms with Gasteiger partial charge in [0.15, 0.2) is 17.5 Å². The zero-order valence-corrected chi connectivity index (χ0v) is 27.0. The van der Waals surface area contributed by atoms with E-state index in [2.05, 4.69) is 54.6 Å². The van der Waals surface area contributed by atoms with Gasteiger partial charge in [0.1, 0.15) is 33.5 Å². The van der Waals surface area contributed by atoms with Crippen LogP contribution in [0.4, 0.5) is 0 Å². The van der Waals surface area contributed by atoms with Gasteiger partial charge in [-0.1, -0.05) is 97.1 Å². The minimum absolute atomic E-state index is 0.527. The highest BCUT2D eigenvalue weighted by Gasteiger charge is 2.21. The fraction of sp³-hybridized carbons (Fsp3) is 0. The van der Waals surface area contributed by atoms with Gasteiger partial charge in [-0.3, -0.25) is 0 Å². The molecule has 0 aliphatic carbocycles. The summed E-state index contributed by atoms with van der Waals surface area (Å²) in [7, 11) is 0. The van der Waals surface area contributed by atoms with E-state index in [0.29, 0.717) is 23.1 Å². The summed E-state index contributed by atoms with van der Waals surface area (Å²) in [6.45, 7) is 0. The molecule has 0 bridgehead atoms. The van der Waals surface area contributed by atoms with Crippen molar-refractivity contribution >= 4 is 65.8 Å². The third kappa shape index (κ3) is 4.33. The van der Waals surface area contributed by atoms with Crippen LogP contribution in [0.1, 0.15) is 0 Å². The number of aromatic nitrogens is 3. The second-order valence-corrected chi connectivity index (χ2v) is 12.8. The summed E-state index contributed by atoms with van der Waals surface area (Å²) in [5, 5.41) is 6.27. The first-order chi connectivity index (χ1) is 25.2. The quantitative estimate of drug-likeness (QED) is 0.188. The highest BCUT2D eigenvalue weighted by molar-refractivity contribution is 6.17. The van der Waals surface area contributed by atoms with Crippen molar-refractivity contribution in [2.24, 2.45) is 0 Å². The van der Waals surface area contributed by atoms with Crippen LogP contribution in [0.3, 0.4) is 0 Å². The molecule has 0 N–H and O–H groups in total. The molecule has 0 atom stereocenters. The molecule has 0 unspecified atom stereocenters. The van der Waals surface area contributed by atoms with E-state index in [0.717, 1.165) is 88.0 Å². The fourth-order valence-electron chi connectivity index (χ4n) is 7.35. The van der Waals surface area contributed by atoms with Crippen LogP contribution in [0.25, 0.3) is 111 Å². The molecule has 4 aromatic heterocycles. The van der Waals surface area contributed by atoms with E-state index in [-0.39, 0.29) is 0 Å². The predicted molar refractivity (Wildman–Crippen MR) is 203 cm³/mol. The maximum atomic E-state index is 6.69. The van der Waals surface area contributed by atoms with E-state index in [1.54, 1.807) is 0 Å². The molecule has 0 radical (unpaired) electrons. The molecule has 0 amide bonds. The maximum absolute atomic E-state index is 6.69. The lowest BCUT2D eigenvalue weighted by atomic mass is 9.96. The first-order valence-corrected chi connectivity index (χ1v) is 16.8. The van der Waals surface area contributed by atoms with Gasteiger partial charge in [0.2, 0.25) is 0 Å². The van der Waals surface area contributed by atoms with E-state index >= 15 is 0 Å². The molecular formula is C45H25N3O3. The van der Waals surface area contributed by atoms with Crippen LogP contribution < -0.4 is 0 Å². The molecule has 0 saturated heterocycles. The second-order valence-electron chi connectivity index (χ2n) is 12.8. The van der Waals surface area contributed by atoms with Crippen molar-refractivity contribution in [3.63, 3.8) is 0 Å². The topological polar surface area (TPSA) is 78.1 Å². The number of fused-ring (bicyclic) bond motifs is 9. The Bertz CT molecular complexity index is 3150. The molecule has 238 valence electrons. The lowest BCUT2D eigenvalue weighted by molar-refractivity contribution is 0.668. The van der Waals surface area contributed by atoms with Gasteiger partial charge in [0, 0.05) is 43.4 Å². The number of furan rings is 3. The largest absolute Gasteiger partial charge is 0.456 e. The van der Waals surface area contributed by atoms with Gasteiger partial charge in [-0.2, -0.15) is 0 Å². The zero-order valence-electron chi connectivity index (χ0n) is 27.0. The summed E-state index contributed by atoms with van der Waals surface area (Å²) in [6, 6.07) is 51.1. The Balaban J connectivity index is 1.15. The van der Waals surface area contributed by atoms with E-state index in [4.69, 9.17) is 28.2 Å². The smallest absolute Gasteiger partial charge is 0.167 e. The van der Waals surface area contributed by atoms with Crippen molar-refractivity contribution in [2.45, 2.75) is 0 Å². The van der Waals surface area contributed by atoms with E-state index < -0.39 is 0 Å². The Labute approximate surface area is 290 Å². The van der Waals surface area contributed by atoms with Crippen LogP contribution in [0, 0.1) is 0 Å². The molecule has 0 aliphatic heterocycles. The molecule has 4 heterocycles. The van der Waals surface area contributed by atoms with Crippen molar-refractivity contribution < 1.29 is 13.3 Å². The van der Waals surface area contributed by atoms with Gasteiger partial charge in [-0.15, -0.1) is 0 Å². The van der Waals surface area contributed by atoms with Gasteiger partial charge in [0.05, 0.1) is 5.56 Å². The molecule has 6 heteroatoms. The van der Waals surface area contributed by atoms with Crippen LogP contribution in [-0.4, -0.2) is 15.0 Å². The summed E-state index contributed by atoms with van der Waals surface area (Å²) in [6.07, 6.45) is 0. The van der Waals surface area contributed by atoms with Crippen molar-refractivity contribution in [1.29, 1.82) is 0 Å². The molecule has 7 aromatic carbocycles. The van der Waals surface area contributed by atoms with Crippen LogP contribution in [-0.2, 0) is 0 Å². The minimum atomic E-state index is 0.527. The average Bonchev–Trinajstić information content (AvgIpc) is 3.88. The Morgan fingerprint density at radius 2 is 0.863 bits per heavy atom. The summed E-state index contributed by atoms with van der Waals surface area (Å²) in [4.78, 5) is 15.2. The number of hydrogen-bond acceptors (Lipinski definition) is 6. The number of para-hydroxylation sites is 3. The molecule has 51 heavy (non-hydrogen) atoms. The summed E-state index contributed by atoms with van der Waals surface area (Å²) < 4.78 is 19.1. The summed E-state index contributed by atoms with van der Waals surface area (Å²) in [5.74, 6) is 1.67. The standard InChI is InChI=1S/C45H25N3O3/c1-2-10-26(11-3-1)43-46-44(28-19-23-39-35(24-28)31-13-5-8-16-37(31)49-39)48-45(47-43)34-22-21-29(41-33-14-6-9-17-38(33)51-42(34)41)27-18-20-32-30-12-4-7-15-36(30)50-40(32)25-27/h1-25H.